The summed E-state index contributed by atoms with van der Waals surface area (Å²) in [5.41, 5.74) is 2.66. The molecule has 3 aromatic rings. The number of anilines is 2. The summed E-state index contributed by atoms with van der Waals surface area (Å²) in [6.45, 7) is 0. The molecule has 0 radical (unpaired) electrons. The zero-order valence-electron chi connectivity index (χ0n) is 14.6. The quantitative estimate of drug-likeness (QED) is 0.519. The lowest BCUT2D eigenvalue weighted by molar-refractivity contribution is 0.443. The van der Waals surface area contributed by atoms with Crippen molar-refractivity contribution in [2.24, 2.45) is 0 Å². The van der Waals surface area contributed by atoms with Crippen molar-refractivity contribution in [1.82, 2.24) is 4.98 Å². The van der Waals surface area contributed by atoms with E-state index in [1.807, 2.05) is 17.5 Å². The fourth-order valence-electron chi connectivity index (χ4n) is 3.59. The molecule has 1 saturated carbocycles. The molecular weight excluding hydrogens is 369 g/mol. The van der Waals surface area contributed by atoms with E-state index in [9.17, 15) is 13.2 Å². The molecule has 0 atom stereocenters. The van der Waals surface area contributed by atoms with Crippen molar-refractivity contribution < 1.29 is 13.2 Å². The van der Waals surface area contributed by atoms with Gasteiger partial charge in [-0.05, 0) is 24.3 Å². The van der Waals surface area contributed by atoms with Crippen LogP contribution in [-0.2, 0) is 0 Å². The number of benzene rings is 2. The number of rotatable bonds is 4. The highest BCUT2D eigenvalue weighted by atomic mass is 32.1. The van der Waals surface area contributed by atoms with Crippen LogP contribution in [0.15, 0.2) is 41.8 Å². The Morgan fingerprint density at radius 1 is 0.926 bits per heavy atom. The molecule has 1 aromatic heterocycles. The topological polar surface area (TPSA) is 24.9 Å². The number of nitrogens with zero attached hydrogens (tertiary/aromatic N) is 1. The summed E-state index contributed by atoms with van der Waals surface area (Å²) in [4.78, 5) is 4.40. The van der Waals surface area contributed by atoms with Crippen LogP contribution in [0.4, 0.5) is 24.0 Å². The van der Waals surface area contributed by atoms with Gasteiger partial charge in [0, 0.05) is 23.1 Å². The Morgan fingerprint density at radius 2 is 1.59 bits per heavy atom. The average Bonchev–Trinajstić information content (AvgIpc) is 3.14. The zero-order valence-corrected chi connectivity index (χ0v) is 15.5. The van der Waals surface area contributed by atoms with Crippen molar-refractivity contribution in [3.63, 3.8) is 0 Å². The van der Waals surface area contributed by atoms with Crippen molar-refractivity contribution in [2.45, 2.75) is 38.0 Å². The fourth-order valence-corrected chi connectivity index (χ4v) is 4.32. The van der Waals surface area contributed by atoms with Crippen molar-refractivity contribution in [3.8, 4) is 11.3 Å². The van der Waals surface area contributed by atoms with Crippen molar-refractivity contribution in [2.75, 3.05) is 5.32 Å². The van der Waals surface area contributed by atoms with E-state index in [0.29, 0.717) is 23.2 Å². The van der Waals surface area contributed by atoms with E-state index in [1.165, 1.54) is 49.0 Å². The van der Waals surface area contributed by atoms with Gasteiger partial charge in [-0.1, -0.05) is 43.5 Å². The van der Waals surface area contributed by atoms with Gasteiger partial charge >= 0.3 is 0 Å². The molecule has 1 aliphatic carbocycles. The second-order valence-electron chi connectivity index (χ2n) is 6.86. The van der Waals surface area contributed by atoms with Crippen LogP contribution in [0.3, 0.4) is 0 Å². The van der Waals surface area contributed by atoms with Gasteiger partial charge in [-0.15, -0.1) is 11.3 Å². The van der Waals surface area contributed by atoms with Crippen molar-refractivity contribution in [3.05, 3.63) is 64.8 Å². The van der Waals surface area contributed by atoms with Gasteiger partial charge in [0.05, 0.1) is 5.69 Å². The second-order valence-corrected chi connectivity index (χ2v) is 7.72. The third-order valence-corrected chi connectivity index (χ3v) is 5.78. The van der Waals surface area contributed by atoms with Gasteiger partial charge in [-0.25, -0.2) is 18.2 Å². The molecule has 27 heavy (non-hydrogen) atoms. The largest absolute Gasteiger partial charge is 0.327 e. The van der Waals surface area contributed by atoms with E-state index in [4.69, 9.17) is 0 Å². The van der Waals surface area contributed by atoms with Gasteiger partial charge < -0.3 is 5.32 Å². The van der Waals surface area contributed by atoms with Gasteiger partial charge in [0.25, 0.3) is 0 Å². The van der Waals surface area contributed by atoms with E-state index in [1.54, 1.807) is 0 Å². The third-order valence-electron chi connectivity index (χ3n) is 5.03. The highest BCUT2D eigenvalue weighted by molar-refractivity contribution is 7.14. The molecule has 2 aromatic carbocycles. The lowest BCUT2D eigenvalue weighted by Gasteiger charge is -2.22. The van der Waals surface area contributed by atoms with Crippen LogP contribution in [0.5, 0.6) is 0 Å². The molecule has 0 aliphatic heterocycles. The summed E-state index contributed by atoms with van der Waals surface area (Å²) < 4.78 is 40.6. The predicted octanol–water partition coefficient (Wildman–Crippen LogP) is 7.02. The number of nitrogens with one attached hydrogen (secondary N) is 1. The van der Waals surface area contributed by atoms with Crippen LogP contribution in [0.2, 0.25) is 0 Å². The average molecular weight is 388 g/mol. The molecule has 0 unspecified atom stereocenters. The van der Waals surface area contributed by atoms with Crippen LogP contribution in [0, 0.1) is 17.5 Å². The maximum Gasteiger partial charge on any atom is 0.187 e. The second kappa shape index (κ2) is 7.72. The van der Waals surface area contributed by atoms with E-state index >= 15 is 0 Å². The van der Waals surface area contributed by atoms with E-state index in [0.717, 1.165) is 11.3 Å². The molecule has 1 N–H and O–H groups in total. The lowest BCUT2D eigenvalue weighted by Crippen LogP contribution is -2.04. The highest BCUT2D eigenvalue weighted by Crippen LogP contribution is 2.34. The van der Waals surface area contributed by atoms with Crippen molar-refractivity contribution in [1.29, 1.82) is 0 Å². The molecule has 1 aliphatic rings. The molecule has 0 bridgehead atoms. The minimum Gasteiger partial charge on any atom is -0.327 e. The maximum absolute atomic E-state index is 13.8. The molecule has 1 heterocycles. The summed E-state index contributed by atoms with van der Waals surface area (Å²) in [5, 5.41) is 4.79. The first-order valence-corrected chi connectivity index (χ1v) is 9.95. The Balaban J connectivity index is 1.51. The van der Waals surface area contributed by atoms with Crippen LogP contribution in [-0.4, -0.2) is 4.98 Å². The maximum atomic E-state index is 13.8. The molecule has 4 rings (SSSR count). The van der Waals surface area contributed by atoms with E-state index in [2.05, 4.69) is 22.4 Å². The molecule has 1 fully saturated rings. The number of hydrogen-bond acceptors (Lipinski definition) is 3. The molecular formula is C21H19F3N2S. The van der Waals surface area contributed by atoms with Gasteiger partial charge in [-0.2, -0.15) is 0 Å². The SMILES string of the molecule is Fc1cc(F)c(Nc2nc(-c3ccc(C4CCCCC4)cc3)cs2)c(F)c1. The first kappa shape index (κ1) is 18.0. The summed E-state index contributed by atoms with van der Waals surface area (Å²) in [7, 11) is 0. The Morgan fingerprint density at radius 3 is 2.26 bits per heavy atom. The lowest BCUT2D eigenvalue weighted by atomic mass is 9.84. The zero-order chi connectivity index (χ0) is 18.8. The molecule has 0 amide bonds. The standard InChI is InChI=1S/C21H19F3N2S/c22-16-10-17(23)20(18(24)11-16)26-21-25-19(12-27-21)15-8-6-14(7-9-15)13-4-2-1-3-5-13/h6-13H,1-5H2,(H,25,26). The number of aromatic nitrogens is 1. The van der Waals surface area contributed by atoms with Gasteiger partial charge in [0.2, 0.25) is 0 Å². The number of hydrogen-bond donors (Lipinski definition) is 1. The van der Waals surface area contributed by atoms with Gasteiger partial charge in [0.15, 0.2) is 16.8 Å². The molecule has 0 saturated heterocycles. The minimum atomic E-state index is -0.985. The third kappa shape index (κ3) is 4.00. The number of halogens is 3. The Bertz CT molecular complexity index is 908. The van der Waals surface area contributed by atoms with Gasteiger partial charge in [0.1, 0.15) is 11.5 Å². The Hall–Kier alpha value is -2.34. The van der Waals surface area contributed by atoms with E-state index < -0.39 is 23.1 Å². The monoisotopic (exact) mass is 388 g/mol. The molecule has 140 valence electrons. The molecule has 2 nitrogen and oxygen atoms in total. The van der Waals surface area contributed by atoms with Gasteiger partial charge in [-0.3, -0.25) is 0 Å². The summed E-state index contributed by atoms with van der Waals surface area (Å²) in [6.07, 6.45) is 6.42. The van der Waals surface area contributed by atoms with Crippen LogP contribution < -0.4 is 5.32 Å². The van der Waals surface area contributed by atoms with E-state index in [-0.39, 0.29) is 0 Å². The summed E-state index contributed by atoms with van der Waals surface area (Å²) in [5.74, 6) is -2.28. The smallest absolute Gasteiger partial charge is 0.187 e. The predicted molar refractivity (Wildman–Crippen MR) is 103 cm³/mol. The van der Waals surface area contributed by atoms with Crippen LogP contribution >= 0.6 is 11.3 Å². The van der Waals surface area contributed by atoms with Crippen molar-refractivity contribution >= 4 is 22.2 Å². The number of thiazole rings is 1. The normalized spacial score (nSPS) is 15.1. The minimum absolute atomic E-state index is 0.353. The molecule has 0 spiro atoms. The first-order chi connectivity index (χ1) is 13.1. The summed E-state index contributed by atoms with van der Waals surface area (Å²) >= 11 is 1.24. The van der Waals surface area contributed by atoms with Crippen LogP contribution in [0.25, 0.3) is 11.3 Å². The fraction of sp³-hybridized carbons (Fsp3) is 0.286. The van der Waals surface area contributed by atoms with Crippen LogP contribution in [0.1, 0.15) is 43.6 Å². The Labute approximate surface area is 160 Å². The Kier molecular flexibility index (Phi) is 5.16. The highest BCUT2D eigenvalue weighted by Gasteiger charge is 2.16. The first-order valence-electron chi connectivity index (χ1n) is 9.07. The molecule has 6 heteroatoms. The summed E-state index contributed by atoms with van der Waals surface area (Å²) in [6, 6.07) is 9.67.